The summed E-state index contributed by atoms with van der Waals surface area (Å²) in [6, 6.07) is 11.1. The third kappa shape index (κ3) is 4.32. The number of fused-ring (bicyclic) bond motifs is 2. The summed E-state index contributed by atoms with van der Waals surface area (Å²) >= 11 is 0. The Morgan fingerprint density at radius 2 is 1.78 bits per heavy atom. The zero-order chi connectivity index (χ0) is 22.1. The third-order valence-electron chi connectivity index (χ3n) is 6.17. The quantitative estimate of drug-likeness (QED) is 0.577. The Bertz CT molecular complexity index is 1070. The maximum Gasteiger partial charge on any atom is 0.387 e. The van der Waals surface area contributed by atoms with Gasteiger partial charge in [0.05, 0.1) is 6.20 Å². The SMILES string of the molecule is CC1CC2CCC(C1)N2c1nccc(Nc2cc(-c3ccc(OC(F)F)cc3)cnn2)n1. The Hall–Kier alpha value is -3.36. The molecule has 2 aromatic heterocycles. The molecule has 2 fully saturated rings. The summed E-state index contributed by atoms with van der Waals surface area (Å²) < 4.78 is 29.1. The monoisotopic (exact) mass is 438 g/mol. The van der Waals surface area contributed by atoms with Crippen LogP contribution in [0.25, 0.3) is 11.1 Å². The van der Waals surface area contributed by atoms with Crippen molar-refractivity contribution in [2.24, 2.45) is 5.92 Å². The number of anilines is 3. The zero-order valence-corrected chi connectivity index (χ0v) is 17.7. The van der Waals surface area contributed by atoms with Gasteiger partial charge in [-0.3, -0.25) is 0 Å². The summed E-state index contributed by atoms with van der Waals surface area (Å²) in [7, 11) is 0. The van der Waals surface area contributed by atoms with Crippen molar-refractivity contribution in [3.05, 3.63) is 48.8 Å². The van der Waals surface area contributed by atoms with Crippen molar-refractivity contribution in [3.63, 3.8) is 0 Å². The first kappa shape index (κ1) is 20.5. The maximum atomic E-state index is 12.4. The molecule has 0 saturated carbocycles. The molecule has 7 nitrogen and oxygen atoms in total. The van der Waals surface area contributed by atoms with Gasteiger partial charge in [-0.05, 0) is 61.4 Å². The highest BCUT2D eigenvalue weighted by Gasteiger charge is 2.40. The van der Waals surface area contributed by atoms with Crippen LogP contribution in [0.1, 0.15) is 32.6 Å². The highest BCUT2D eigenvalue weighted by molar-refractivity contribution is 5.67. The fraction of sp³-hybridized carbons (Fsp3) is 0.391. The van der Waals surface area contributed by atoms with Crippen molar-refractivity contribution in [3.8, 4) is 16.9 Å². The van der Waals surface area contributed by atoms with E-state index in [1.807, 2.05) is 12.1 Å². The van der Waals surface area contributed by atoms with Gasteiger partial charge in [0.15, 0.2) is 5.82 Å². The van der Waals surface area contributed by atoms with Crippen LogP contribution in [0.2, 0.25) is 0 Å². The predicted octanol–water partition coefficient (Wildman–Crippen LogP) is 5.05. The fourth-order valence-corrected chi connectivity index (χ4v) is 4.86. The van der Waals surface area contributed by atoms with Crippen LogP contribution < -0.4 is 15.0 Å². The van der Waals surface area contributed by atoms with Gasteiger partial charge in [0.1, 0.15) is 11.6 Å². The maximum absolute atomic E-state index is 12.4. The van der Waals surface area contributed by atoms with Gasteiger partial charge in [-0.15, -0.1) is 5.10 Å². The molecule has 2 unspecified atom stereocenters. The number of halogens is 2. The molecule has 2 atom stereocenters. The normalized spacial score (nSPS) is 22.2. The van der Waals surface area contributed by atoms with Crippen LogP contribution in [-0.4, -0.2) is 38.9 Å². The van der Waals surface area contributed by atoms with Crippen molar-refractivity contribution in [2.45, 2.75) is 51.3 Å². The molecule has 2 aliphatic rings. The number of alkyl halides is 2. The van der Waals surface area contributed by atoms with E-state index in [0.29, 0.717) is 23.7 Å². The van der Waals surface area contributed by atoms with Crippen LogP contribution in [0.5, 0.6) is 5.75 Å². The second-order valence-corrected chi connectivity index (χ2v) is 8.47. The van der Waals surface area contributed by atoms with Crippen LogP contribution in [-0.2, 0) is 0 Å². The minimum atomic E-state index is -2.85. The van der Waals surface area contributed by atoms with Crippen LogP contribution in [0.3, 0.4) is 0 Å². The van der Waals surface area contributed by atoms with Crippen molar-refractivity contribution in [1.29, 1.82) is 0 Å². The fourth-order valence-electron chi connectivity index (χ4n) is 4.86. The van der Waals surface area contributed by atoms with Gasteiger partial charge in [0, 0.05) is 23.8 Å². The molecule has 4 heterocycles. The van der Waals surface area contributed by atoms with Crippen molar-refractivity contribution < 1.29 is 13.5 Å². The van der Waals surface area contributed by atoms with Gasteiger partial charge >= 0.3 is 6.61 Å². The Balaban J connectivity index is 1.33. The lowest BCUT2D eigenvalue weighted by molar-refractivity contribution is -0.0498. The molecule has 5 rings (SSSR count). The Morgan fingerprint density at radius 1 is 1.03 bits per heavy atom. The van der Waals surface area contributed by atoms with Crippen molar-refractivity contribution in [1.82, 2.24) is 20.2 Å². The predicted molar refractivity (Wildman–Crippen MR) is 117 cm³/mol. The number of piperidine rings is 1. The number of hydrogen-bond donors (Lipinski definition) is 1. The number of hydrogen-bond acceptors (Lipinski definition) is 7. The number of nitrogens with one attached hydrogen (secondary N) is 1. The van der Waals surface area contributed by atoms with E-state index in [1.165, 1.54) is 37.8 Å². The number of benzene rings is 1. The standard InChI is InChI=1S/C23H24F2N6O/c1-14-10-17-4-5-18(11-14)31(17)23-26-9-8-20(29-23)28-21-12-16(13-27-30-21)15-2-6-19(7-3-15)32-22(24)25/h2-3,6-9,12-14,17-18,22H,4-5,10-11H2,1H3,(H,26,28,29,30). The minimum absolute atomic E-state index is 0.110. The first-order valence-corrected chi connectivity index (χ1v) is 10.8. The lowest BCUT2D eigenvalue weighted by Crippen LogP contribution is -2.43. The van der Waals surface area contributed by atoms with Crippen molar-refractivity contribution >= 4 is 17.6 Å². The Kier molecular flexibility index (Phi) is 5.55. The lowest BCUT2D eigenvalue weighted by Gasteiger charge is -2.37. The summed E-state index contributed by atoms with van der Waals surface area (Å²) in [5.41, 5.74) is 1.61. The second-order valence-electron chi connectivity index (χ2n) is 8.47. The molecule has 9 heteroatoms. The smallest absolute Gasteiger partial charge is 0.387 e. The highest BCUT2D eigenvalue weighted by atomic mass is 19.3. The number of ether oxygens (including phenoxy) is 1. The van der Waals surface area contributed by atoms with Crippen LogP contribution in [0.4, 0.5) is 26.4 Å². The molecule has 3 aromatic rings. The van der Waals surface area contributed by atoms with Gasteiger partial charge in [0.2, 0.25) is 5.95 Å². The second kappa shape index (κ2) is 8.64. The molecular formula is C23H24F2N6O. The molecule has 2 aliphatic heterocycles. The molecule has 0 spiro atoms. The third-order valence-corrected chi connectivity index (χ3v) is 6.17. The number of rotatable bonds is 6. The molecule has 1 aromatic carbocycles. The molecule has 1 N–H and O–H groups in total. The summed E-state index contributed by atoms with van der Waals surface area (Å²) in [5, 5.41) is 11.4. The molecule has 0 aliphatic carbocycles. The van der Waals surface area contributed by atoms with Crippen LogP contribution >= 0.6 is 0 Å². The number of nitrogens with zero attached hydrogens (tertiary/aromatic N) is 5. The van der Waals surface area contributed by atoms with E-state index >= 15 is 0 Å². The van der Waals surface area contributed by atoms with E-state index in [2.05, 4.69) is 37.1 Å². The Morgan fingerprint density at radius 3 is 2.50 bits per heavy atom. The van der Waals surface area contributed by atoms with Crippen LogP contribution in [0.15, 0.2) is 48.8 Å². The molecule has 0 radical (unpaired) electrons. The summed E-state index contributed by atoms with van der Waals surface area (Å²) in [6.45, 7) is -0.521. The summed E-state index contributed by atoms with van der Waals surface area (Å²) in [5.74, 6) is 2.81. The van der Waals surface area contributed by atoms with E-state index < -0.39 is 6.61 Å². The molecule has 2 saturated heterocycles. The summed E-state index contributed by atoms with van der Waals surface area (Å²) in [6.07, 6.45) is 8.15. The van der Waals surface area contributed by atoms with Crippen molar-refractivity contribution in [2.75, 3.05) is 10.2 Å². The molecule has 0 amide bonds. The minimum Gasteiger partial charge on any atom is -0.435 e. The lowest BCUT2D eigenvalue weighted by atomic mass is 9.93. The zero-order valence-electron chi connectivity index (χ0n) is 17.7. The first-order valence-electron chi connectivity index (χ1n) is 10.8. The largest absolute Gasteiger partial charge is 0.435 e. The average Bonchev–Trinajstić information content (AvgIpc) is 3.05. The van der Waals surface area contributed by atoms with Gasteiger partial charge in [-0.2, -0.15) is 18.9 Å². The van der Waals surface area contributed by atoms with E-state index in [0.717, 1.165) is 23.0 Å². The molecule has 2 bridgehead atoms. The molecule has 166 valence electrons. The highest BCUT2D eigenvalue weighted by Crippen LogP contribution is 2.40. The average molecular weight is 438 g/mol. The topological polar surface area (TPSA) is 76.1 Å². The molecule has 32 heavy (non-hydrogen) atoms. The van der Waals surface area contributed by atoms with Gasteiger partial charge in [0.25, 0.3) is 0 Å². The van der Waals surface area contributed by atoms with E-state index in [-0.39, 0.29) is 5.75 Å². The van der Waals surface area contributed by atoms with Gasteiger partial charge in [-0.25, -0.2) is 4.98 Å². The van der Waals surface area contributed by atoms with E-state index in [1.54, 1.807) is 24.5 Å². The van der Waals surface area contributed by atoms with E-state index in [9.17, 15) is 8.78 Å². The first-order chi connectivity index (χ1) is 15.5. The van der Waals surface area contributed by atoms with Crippen LogP contribution in [0, 0.1) is 5.92 Å². The molecular weight excluding hydrogens is 414 g/mol. The van der Waals surface area contributed by atoms with Gasteiger partial charge < -0.3 is 15.0 Å². The van der Waals surface area contributed by atoms with Gasteiger partial charge in [-0.1, -0.05) is 19.1 Å². The van der Waals surface area contributed by atoms with E-state index in [4.69, 9.17) is 4.98 Å². The summed E-state index contributed by atoms with van der Waals surface area (Å²) in [4.78, 5) is 11.7. The number of aromatic nitrogens is 4. The Labute approximate surface area is 184 Å².